The van der Waals surface area contributed by atoms with E-state index in [2.05, 4.69) is 60.9 Å². The van der Waals surface area contributed by atoms with E-state index in [1.165, 1.54) is 5.56 Å². The van der Waals surface area contributed by atoms with Gasteiger partial charge >= 0.3 is 0 Å². The summed E-state index contributed by atoms with van der Waals surface area (Å²) in [7, 11) is 4.11. The third-order valence-electron chi connectivity index (χ3n) is 4.05. The largest absolute Gasteiger partial charge is 0.391 e. The highest BCUT2D eigenvalue weighted by Gasteiger charge is 2.36. The molecule has 18 heavy (non-hydrogen) atoms. The van der Waals surface area contributed by atoms with Crippen molar-refractivity contribution in [2.75, 3.05) is 14.1 Å². The molecule has 0 aliphatic rings. The third kappa shape index (κ3) is 3.34. The van der Waals surface area contributed by atoms with Gasteiger partial charge in [-0.1, -0.05) is 41.9 Å². The second-order valence-corrected chi connectivity index (χ2v) is 5.97. The maximum absolute atomic E-state index is 10.6. The van der Waals surface area contributed by atoms with Crippen LogP contribution in [0.2, 0.25) is 0 Å². The van der Waals surface area contributed by atoms with Gasteiger partial charge < -0.3 is 10.0 Å². The van der Waals surface area contributed by atoms with Gasteiger partial charge in [-0.15, -0.1) is 0 Å². The Labute approximate surface area is 119 Å². The fourth-order valence-corrected chi connectivity index (χ4v) is 3.18. The van der Waals surface area contributed by atoms with E-state index < -0.39 is 0 Å². The van der Waals surface area contributed by atoms with Crippen molar-refractivity contribution >= 4 is 15.9 Å². The third-order valence-corrected chi connectivity index (χ3v) is 4.55. The molecule has 2 nitrogen and oxygen atoms in total. The highest BCUT2D eigenvalue weighted by molar-refractivity contribution is 9.10. The van der Waals surface area contributed by atoms with Crippen molar-refractivity contribution in [2.24, 2.45) is 0 Å². The molecule has 1 atom stereocenters. The Morgan fingerprint density at radius 2 is 1.89 bits per heavy atom. The second kappa shape index (κ2) is 6.69. The molecule has 0 bridgehead atoms. The van der Waals surface area contributed by atoms with Crippen LogP contribution in [-0.2, 0) is 6.42 Å². The highest BCUT2D eigenvalue weighted by Crippen LogP contribution is 2.28. The van der Waals surface area contributed by atoms with Crippen LogP contribution in [-0.4, -0.2) is 35.7 Å². The average Bonchev–Trinajstić information content (AvgIpc) is 2.30. The summed E-state index contributed by atoms with van der Waals surface area (Å²) in [6, 6.07) is 8.17. The smallest absolute Gasteiger partial charge is 0.0763 e. The summed E-state index contributed by atoms with van der Waals surface area (Å²) in [4.78, 5) is 2.16. The quantitative estimate of drug-likeness (QED) is 0.869. The summed E-state index contributed by atoms with van der Waals surface area (Å²) in [5.74, 6) is 0. The van der Waals surface area contributed by atoms with Crippen molar-refractivity contribution in [2.45, 2.75) is 44.8 Å². The lowest BCUT2D eigenvalue weighted by Crippen LogP contribution is -2.53. The Balaban J connectivity index is 2.88. The van der Waals surface area contributed by atoms with E-state index in [4.69, 9.17) is 0 Å². The van der Waals surface area contributed by atoms with Gasteiger partial charge in [0, 0.05) is 16.4 Å². The molecule has 1 unspecified atom stereocenters. The highest BCUT2D eigenvalue weighted by atomic mass is 79.9. The minimum atomic E-state index is -0.350. The molecule has 1 aromatic carbocycles. The van der Waals surface area contributed by atoms with E-state index >= 15 is 0 Å². The summed E-state index contributed by atoms with van der Waals surface area (Å²) in [5, 5.41) is 10.6. The zero-order valence-electron chi connectivity index (χ0n) is 11.8. The number of aliphatic hydroxyl groups is 1. The molecule has 102 valence electrons. The van der Waals surface area contributed by atoms with Crippen LogP contribution in [0.3, 0.4) is 0 Å². The SMILES string of the molecule is CCC(CC)(C(O)Cc1cccc(Br)c1)N(C)C. The van der Waals surface area contributed by atoms with Crippen molar-refractivity contribution in [3.63, 3.8) is 0 Å². The first kappa shape index (κ1) is 15.7. The number of halogens is 1. The minimum absolute atomic E-state index is 0.137. The normalized spacial score (nSPS) is 13.9. The van der Waals surface area contributed by atoms with Crippen molar-refractivity contribution < 1.29 is 5.11 Å². The standard InChI is InChI=1S/C15H24BrNO/c1-5-15(6-2,17(3)4)14(18)11-12-8-7-9-13(16)10-12/h7-10,14,18H,5-6,11H2,1-4H3. The van der Waals surface area contributed by atoms with E-state index in [-0.39, 0.29) is 11.6 Å². The van der Waals surface area contributed by atoms with Crippen molar-refractivity contribution in [3.8, 4) is 0 Å². The van der Waals surface area contributed by atoms with Gasteiger partial charge in [0.2, 0.25) is 0 Å². The summed E-state index contributed by atoms with van der Waals surface area (Å²) < 4.78 is 1.07. The number of nitrogens with zero attached hydrogens (tertiary/aromatic N) is 1. The van der Waals surface area contributed by atoms with Gasteiger partial charge in [0.1, 0.15) is 0 Å². The van der Waals surface area contributed by atoms with Crippen molar-refractivity contribution in [1.29, 1.82) is 0 Å². The van der Waals surface area contributed by atoms with Crippen molar-refractivity contribution in [1.82, 2.24) is 4.90 Å². The Morgan fingerprint density at radius 1 is 1.28 bits per heavy atom. The molecule has 0 aliphatic heterocycles. The van der Waals surface area contributed by atoms with Crippen LogP contribution < -0.4 is 0 Å². The summed E-state index contributed by atoms with van der Waals surface area (Å²) >= 11 is 3.47. The van der Waals surface area contributed by atoms with Crippen LogP contribution in [0.1, 0.15) is 32.3 Å². The van der Waals surface area contributed by atoms with Crippen LogP contribution in [0.25, 0.3) is 0 Å². The molecular formula is C15H24BrNO. The first-order valence-electron chi connectivity index (χ1n) is 6.56. The summed E-state index contributed by atoms with van der Waals surface area (Å²) in [6.07, 6.45) is 2.24. The van der Waals surface area contributed by atoms with E-state index in [1.807, 2.05) is 12.1 Å². The van der Waals surface area contributed by atoms with Gasteiger partial charge in [0.05, 0.1) is 6.10 Å². The lowest BCUT2D eigenvalue weighted by atomic mass is 9.82. The topological polar surface area (TPSA) is 23.5 Å². The molecule has 0 saturated heterocycles. The molecule has 0 spiro atoms. The molecule has 0 amide bonds. The van der Waals surface area contributed by atoms with Crippen molar-refractivity contribution in [3.05, 3.63) is 34.3 Å². The molecule has 0 saturated carbocycles. The number of hydrogen-bond donors (Lipinski definition) is 1. The predicted molar refractivity (Wildman–Crippen MR) is 80.9 cm³/mol. The van der Waals surface area contributed by atoms with Gasteiger partial charge in [-0.3, -0.25) is 0 Å². The molecule has 1 N–H and O–H groups in total. The first-order chi connectivity index (χ1) is 8.46. The van der Waals surface area contributed by atoms with E-state index in [0.29, 0.717) is 6.42 Å². The van der Waals surface area contributed by atoms with Crippen LogP contribution in [0, 0.1) is 0 Å². The number of benzene rings is 1. The van der Waals surface area contributed by atoms with Gasteiger partial charge in [-0.25, -0.2) is 0 Å². The number of rotatable bonds is 6. The molecule has 3 heteroatoms. The number of aliphatic hydroxyl groups excluding tert-OH is 1. The lowest BCUT2D eigenvalue weighted by Gasteiger charge is -2.42. The lowest BCUT2D eigenvalue weighted by molar-refractivity contribution is -0.0125. The molecular weight excluding hydrogens is 290 g/mol. The Kier molecular flexibility index (Phi) is 5.83. The Morgan fingerprint density at radius 3 is 2.33 bits per heavy atom. The maximum atomic E-state index is 10.6. The average molecular weight is 314 g/mol. The van der Waals surface area contributed by atoms with Gasteiger partial charge in [0.25, 0.3) is 0 Å². The second-order valence-electron chi connectivity index (χ2n) is 5.05. The minimum Gasteiger partial charge on any atom is -0.391 e. The zero-order chi connectivity index (χ0) is 13.8. The molecule has 1 rings (SSSR count). The molecule has 0 radical (unpaired) electrons. The van der Waals surface area contributed by atoms with Crippen LogP contribution in [0.15, 0.2) is 28.7 Å². The van der Waals surface area contributed by atoms with E-state index in [0.717, 1.165) is 17.3 Å². The van der Waals surface area contributed by atoms with E-state index in [9.17, 15) is 5.11 Å². The van der Waals surface area contributed by atoms with Crippen LogP contribution >= 0.6 is 15.9 Å². The predicted octanol–water partition coefficient (Wildman–Crippen LogP) is 3.47. The molecule has 0 aliphatic carbocycles. The zero-order valence-corrected chi connectivity index (χ0v) is 13.4. The Hall–Kier alpha value is -0.380. The monoisotopic (exact) mass is 313 g/mol. The maximum Gasteiger partial charge on any atom is 0.0763 e. The summed E-state index contributed by atoms with van der Waals surface area (Å²) in [6.45, 7) is 4.29. The molecule has 0 fully saturated rings. The number of hydrogen-bond acceptors (Lipinski definition) is 2. The first-order valence-corrected chi connectivity index (χ1v) is 7.35. The fourth-order valence-electron chi connectivity index (χ4n) is 2.73. The molecule has 0 heterocycles. The van der Waals surface area contributed by atoms with E-state index in [1.54, 1.807) is 0 Å². The Bertz CT molecular complexity index is 375. The van der Waals surface area contributed by atoms with Crippen LogP contribution in [0.4, 0.5) is 0 Å². The molecule has 0 aromatic heterocycles. The van der Waals surface area contributed by atoms with Gasteiger partial charge in [-0.05, 0) is 44.6 Å². The van der Waals surface area contributed by atoms with Gasteiger partial charge in [-0.2, -0.15) is 0 Å². The number of likely N-dealkylation sites (N-methyl/N-ethyl adjacent to an activating group) is 1. The van der Waals surface area contributed by atoms with Crippen LogP contribution in [0.5, 0.6) is 0 Å². The molecule has 1 aromatic rings. The summed E-state index contributed by atoms with van der Waals surface area (Å²) in [5.41, 5.74) is 1.03. The fraction of sp³-hybridized carbons (Fsp3) is 0.600. The van der Waals surface area contributed by atoms with Gasteiger partial charge in [0.15, 0.2) is 0 Å².